The Balaban J connectivity index is 1.15. The summed E-state index contributed by atoms with van der Waals surface area (Å²) in [5.74, 6) is 0. The molecule has 1 aliphatic rings. The summed E-state index contributed by atoms with van der Waals surface area (Å²) in [5.41, 5.74) is 14.0. The molecule has 4 nitrogen and oxygen atoms in total. The van der Waals surface area contributed by atoms with E-state index in [0.29, 0.717) is 0 Å². The first-order valence-corrected chi connectivity index (χ1v) is 19.5. The van der Waals surface area contributed by atoms with E-state index in [4.69, 9.17) is 4.98 Å². The Bertz CT molecular complexity index is 3200. The van der Waals surface area contributed by atoms with Crippen molar-refractivity contribution in [2.75, 3.05) is 0 Å². The van der Waals surface area contributed by atoms with Gasteiger partial charge < -0.3 is 9.13 Å². The number of nitrogens with zero attached hydrogens (tertiary/aromatic N) is 4. The van der Waals surface area contributed by atoms with Gasteiger partial charge in [0, 0.05) is 38.5 Å². The number of imidazole rings is 1. The highest BCUT2D eigenvalue weighted by Crippen LogP contribution is 2.57. The molecule has 0 fully saturated rings. The monoisotopic (exact) mass is 720 g/mol. The summed E-state index contributed by atoms with van der Waals surface area (Å²) in [6.45, 7) is 0. The van der Waals surface area contributed by atoms with Gasteiger partial charge in [-0.2, -0.15) is 0 Å². The second-order valence-corrected chi connectivity index (χ2v) is 15.5. The molecule has 0 saturated carbocycles. The fraction of sp³-hybridized carbons (Fsp3) is 0.0200. The molecule has 0 unspecified atom stereocenters. The van der Waals surface area contributed by atoms with Gasteiger partial charge in [0.2, 0.25) is 0 Å². The summed E-state index contributed by atoms with van der Waals surface area (Å²) < 4.78 is 6.67. The van der Waals surface area contributed by atoms with Crippen molar-refractivity contribution >= 4 is 66.4 Å². The van der Waals surface area contributed by atoms with Gasteiger partial charge in [-0.25, -0.2) is 4.98 Å². The zero-order valence-corrected chi connectivity index (χ0v) is 30.5. The predicted molar refractivity (Wildman–Crippen MR) is 228 cm³/mol. The Kier molecular flexibility index (Phi) is 6.45. The van der Waals surface area contributed by atoms with Crippen LogP contribution in [-0.4, -0.2) is 18.7 Å². The Morgan fingerprint density at radius 2 is 0.855 bits per heavy atom. The number of para-hydroxylation sites is 5. The van der Waals surface area contributed by atoms with E-state index in [0.717, 1.165) is 33.3 Å². The highest BCUT2D eigenvalue weighted by atomic mass is 32.2. The van der Waals surface area contributed by atoms with E-state index in [-0.39, 0.29) is 0 Å². The van der Waals surface area contributed by atoms with Crippen molar-refractivity contribution in [2.24, 2.45) is 0 Å². The van der Waals surface area contributed by atoms with E-state index in [1.54, 1.807) is 0 Å². The third-order valence-corrected chi connectivity index (χ3v) is 12.9. The normalized spacial score (nSPS) is 13.5. The van der Waals surface area contributed by atoms with Crippen LogP contribution >= 0.6 is 11.8 Å². The minimum atomic E-state index is -0.548. The Morgan fingerprint density at radius 3 is 1.47 bits per heavy atom. The minimum absolute atomic E-state index is 0.548. The van der Waals surface area contributed by atoms with Gasteiger partial charge >= 0.3 is 0 Å². The molecule has 8 aromatic carbocycles. The first kappa shape index (κ1) is 30.6. The molecular formula is C50H32N4S. The molecule has 0 atom stereocenters. The molecule has 0 saturated heterocycles. The average molecular weight is 721 g/mol. The van der Waals surface area contributed by atoms with Crippen LogP contribution in [0.3, 0.4) is 0 Å². The summed E-state index contributed by atoms with van der Waals surface area (Å²) in [6, 6.07) is 70.7. The van der Waals surface area contributed by atoms with E-state index in [2.05, 4.69) is 208 Å². The molecule has 0 spiro atoms. The lowest BCUT2D eigenvalue weighted by Gasteiger charge is -2.40. The van der Waals surface area contributed by atoms with Gasteiger partial charge in [0.1, 0.15) is 4.75 Å². The van der Waals surface area contributed by atoms with Gasteiger partial charge in [0.15, 0.2) is 5.16 Å². The lowest BCUT2D eigenvalue weighted by Crippen LogP contribution is -2.31. The molecular weight excluding hydrogens is 689 g/mol. The summed E-state index contributed by atoms with van der Waals surface area (Å²) >= 11 is 1.83. The highest BCUT2D eigenvalue weighted by Gasteiger charge is 2.45. The Labute approximate surface area is 321 Å². The van der Waals surface area contributed by atoms with Crippen LogP contribution in [0, 0.1) is 0 Å². The molecule has 258 valence electrons. The van der Waals surface area contributed by atoms with Crippen molar-refractivity contribution in [3.05, 3.63) is 211 Å². The van der Waals surface area contributed by atoms with Gasteiger partial charge in [-0.15, -0.1) is 0 Å². The smallest absolute Gasteiger partial charge is 0.175 e. The van der Waals surface area contributed by atoms with Gasteiger partial charge in [-0.05, 0) is 77.9 Å². The molecule has 0 aliphatic carbocycles. The van der Waals surface area contributed by atoms with Crippen LogP contribution in [0.2, 0.25) is 0 Å². The van der Waals surface area contributed by atoms with Gasteiger partial charge in [-0.1, -0.05) is 139 Å². The van der Waals surface area contributed by atoms with Crippen LogP contribution in [0.15, 0.2) is 199 Å². The summed E-state index contributed by atoms with van der Waals surface area (Å²) in [5, 5.41) is 5.97. The van der Waals surface area contributed by atoms with Crippen LogP contribution in [0.25, 0.3) is 71.7 Å². The fourth-order valence-corrected chi connectivity index (χ4v) is 10.6. The summed E-state index contributed by atoms with van der Waals surface area (Å²) in [4.78, 5) is 5.24. The van der Waals surface area contributed by atoms with Crippen molar-refractivity contribution in [3.63, 3.8) is 0 Å². The number of benzene rings is 8. The summed E-state index contributed by atoms with van der Waals surface area (Å²) in [7, 11) is 0. The van der Waals surface area contributed by atoms with Crippen molar-refractivity contribution in [3.8, 4) is 17.1 Å². The third-order valence-electron chi connectivity index (χ3n) is 11.5. The molecule has 0 bridgehead atoms. The van der Waals surface area contributed by atoms with Crippen molar-refractivity contribution < 1.29 is 0 Å². The molecule has 0 amide bonds. The van der Waals surface area contributed by atoms with E-state index < -0.39 is 4.75 Å². The average Bonchev–Trinajstić information content (AvgIpc) is 3.91. The van der Waals surface area contributed by atoms with Gasteiger partial charge in [0.25, 0.3) is 0 Å². The second kappa shape index (κ2) is 11.6. The predicted octanol–water partition coefficient (Wildman–Crippen LogP) is 12.6. The molecule has 4 heterocycles. The lowest BCUT2D eigenvalue weighted by molar-refractivity contribution is 0.798. The molecule has 1 aliphatic heterocycles. The lowest BCUT2D eigenvalue weighted by atomic mass is 9.82. The van der Waals surface area contributed by atoms with Crippen LogP contribution < -0.4 is 0 Å². The molecule has 0 N–H and O–H groups in total. The number of hydrogen-bond acceptors (Lipinski definition) is 2. The number of rotatable bonds is 4. The van der Waals surface area contributed by atoms with E-state index >= 15 is 0 Å². The van der Waals surface area contributed by atoms with E-state index in [1.165, 1.54) is 60.3 Å². The largest absolute Gasteiger partial charge is 0.309 e. The summed E-state index contributed by atoms with van der Waals surface area (Å²) in [6.07, 6.45) is 0. The molecule has 0 radical (unpaired) electrons. The topological polar surface area (TPSA) is 27.7 Å². The van der Waals surface area contributed by atoms with E-state index in [1.807, 2.05) is 11.8 Å². The molecule has 5 heteroatoms. The number of thioether (sulfide) groups is 1. The van der Waals surface area contributed by atoms with E-state index in [9.17, 15) is 0 Å². The van der Waals surface area contributed by atoms with Crippen molar-refractivity contribution in [2.45, 2.75) is 9.90 Å². The van der Waals surface area contributed by atoms with Crippen LogP contribution in [0.4, 0.5) is 0 Å². The standard InChI is InChI=1S/C50H32N4S/c1-3-15-33(16-4-1)50(34-17-5-2-6-18-34)41-32-36(28-30-47(41)54-48-26-14-10-22-42(48)51-49(54)55-50)53-45-25-13-9-21-39(45)40-31-35(27-29-46(40)53)52-43-23-11-7-19-37(43)38-20-8-12-24-44(38)52/h1-32H. The quantitative estimate of drug-likeness (QED) is 0.181. The second-order valence-electron chi connectivity index (χ2n) is 14.4. The third kappa shape index (κ3) is 4.27. The first-order valence-electron chi connectivity index (χ1n) is 18.7. The van der Waals surface area contributed by atoms with Crippen LogP contribution in [-0.2, 0) is 4.75 Å². The number of aromatic nitrogens is 4. The first-order chi connectivity index (χ1) is 27.3. The maximum Gasteiger partial charge on any atom is 0.175 e. The molecule has 3 aromatic heterocycles. The molecule has 12 rings (SSSR count). The maximum atomic E-state index is 5.24. The van der Waals surface area contributed by atoms with Crippen molar-refractivity contribution in [1.82, 2.24) is 18.7 Å². The van der Waals surface area contributed by atoms with Gasteiger partial charge in [-0.3, -0.25) is 4.57 Å². The van der Waals surface area contributed by atoms with Crippen LogP contribution in [0.1, 0.15) is 16.7 Å². The van der Waals surface area contributed by atoms with Gasteiger partial charge in [0.05, 0.1) is 38.8 Å². The zero-order chi connectivity index (χ0) is 36.1. The van der Waals surface area contributed by atoms with Crippen molar-refractivity contribution in [1.29, 1.82) is 0 Å². The maximum absolute atomic E-state index is 5.24. The zero-order valence-electron chi connectivity index (χ0n) is 29.7. The fourth-order valence-electron chi connectivity index (χ4n) is 9.16. The minimum Gasteiger partial charge on any atom is -0.309 e. The Morgan fingerprint density at radius 1 is 0.382 bits per heavy atom. The molecule has 55 heavy (non-hydrogen) atoms. The number of hydrogen-bond donors (Lipinski definition) is 0. The highest BCUT2D eigenvalue weighted by molar-refractivity contribution is 8.00. The van der Waals surface area contributed by atoms with Crippen LogP contribution in [0.5, 0.6) is 0 Å². The SMILES string of the molecule is c1ccc(C2(c3ccccc3)Sc3nc4ccccc4n3-c3ccc(-n4c5ccccc5c5cc(-n6c7ccccc7c7ccccc76)ccc54)cc32)cc1. The Hall–Kier alpha value is -6.82. The number of fused-ring (bicyclic) bond motifs is 11. The molecule has 11 aromatic rings.